The van der Waals surface area contributed by atoms with E-state index in [9.17, 15) is 4.39 Å². The SMILES string of the molecule is Fc1cccc2c(Cl)ncc(Br)c12. The fourth-order valence-electron chi connectivity index (χ4n) is 1.19. The lowest BCUT2D eigenvalue weighted by atomic mass is 10.2. The number of nitrogens with zero attached hydrogens (tertiary/aromatic N) is 1. The van der Waals surface area contributed by atoms with Crippen LogP contribution in [0.25, 0.3) is 10.8 Å². The molecule has 0 fully saturated rings. The molecule has 2 aromatic rings. The normalized spacial score (nSPS) is 10.7. The molecule has 0 spiro atoms. The molecule has 4 heteroatoms. The average molecular weight is 260 g/mol. The van der Waals surface area contributed by atoms with Gasteiger partial charge in [0.25, 0.3) is 0 Å². The number of fused-ring (bicyclic) bond motifs is 1. The van der Waals surface area contributed by atoms with Gasteiger partial charge in [0.05, 0.1) is 0 Å². The molecule has 1 aromatic heterocycles. The van der Waals surface area contributed by atoms with Gasteiger partial charge in [-0.15, -0.1) is 0 Å². The molecule has 13 heavy (non-hydrogen) atoms. The summed E-state index contributed by atoms with van der Waals surface area (Å²) in [6.07, 6.45) is 1.49. The Labute approximate surface area is 87.7 Å². The number of benzene rings is 1. The van der Waals surface area contributed by atoms with Crippen LogP contribution in [0, 0.1) is 5.82 Å². The first-order valence-corrected chi connectivity index (χ1v) is 4.75. The van der Waals surface area contributed by atoms with Gasteiger partial charge >= 0.3 is 0 Å². The highest BCUT2D eigenvalue weighted by atomic mass is 79.9. The maximum absolute atomic E-state index is 13.3. The van der Waals surface area contributed by atoms with Crippen LogP contribution in [0.1, 0.15) is 0 Å². The van der Waals surface area contributed by atoms with Gasteiger partial charge in [0.15, 0.2) is 0 Å². The zero-order chi connectivity index (χ0) is 9.42. The van der Waals surface area contributed by atoms with E-state index < -0.39 is 0 Å². The van der Waals surface area contributed by atoms with Crippen molar-refractivity contribution in [3.63, 3.8) is 0 Å². The summed E-state index contributed by atoms with van der Waals surface area (Å²) in [7, 11) is 0. The molecule has 2 rings (SSSR count). The Hall–Kier alpha value is -0.670. The predicted molar refractivity (Wildman–Crippen MR) is 54.4 cm³/mol. The predicted octanol–water partition coefficient (Wildman–Crippen LogP) is 3.79. The maximum atomic E-state index is 13.3. The van der Waals surface area contributed by atoms with E-state index in [1.165, 1.54) is 12.3 Å². The zero-order valence-electron chi connectivity index (χ0n) is 6.39. The lowest BCUT2D eigenvalue weighted by Gasteiger charge is -2.02. The number of halogens is 3. The number of hydrogen-bond acceptors (Lipinski definition) is 1. The molecule has 0 saturated heterocycles. The van der Waals surface area contributed by atoms with Crippen LogP contribution in [0.4, 0.5) is 4.39 Å². The third-order valence-corrected chi connectivity index (χ3v) is 2.67. The van der Waals surface area contributed by atoms with Crippen LogP contribution in [0.3, 0.4) is 0 Å². The third-order valence-electron chi connectivity index (χ3n) is 1.77. The molecule has 66 valence electrons. The lowest BCUT2D eigenvalue weighted by Crippen LogP contribution is -1.84. The summed E-state index contributed by atoms with van der Waals surface area (Å²) >= 11 is 9.02. The fourth-order valence-corrected chi connectivity index (χ4v) is 1.90. The molecule has 0 bridgehead atoms. The quantitative estimate of drug-likeness (QED) is 0.657. The van der Waals surface area contributed by atoms with Gasteiger partial charge in [-0.05, 0) is 22.0 Å². The topological polar surface area (TPSA) is 12.9 Å². The molecule has 0 atom stereocenters. The summed E-state index contributed by atoms with van der Waals surface area (Å²) in [5.41, 5.74) is 0. The fraction of sp³-hybridized carbons (Fsp3) is 0. The Bertz CT molecular complexity index is 464. The molecule has 0 saturated carbocycles. The van der Waals surface area contributed by atoms with E-state index in [-0.39, 0.29) is 5.82 Å². The van der Waals surface area contributed by atoms with Gasteiger partial charge in [0.1, 0.15) is 11.0 Å². The van der Waals surface area contributed by atoms with Gasteiger partial charge in [-0.1, -0.05) is 23.7 Å². The first kappa shape index (κ1) is 8.91. The first-order chi connectivity index (χ1) is 6.20. The zero-order valence-corrected chi connectivity index (χ0v) is 8.73. The van der Waals surface area contributed by atoms with Crippen LogP contribution in [0.5, 0.6) is 0 Å². The second-order valence-corrected chi connectivity index (χ2v) is 3.77. The van der Waals surface area contributed by atoms with Crippen LogP contribution in [0.15, 0.2) is 28.9 Å². The van der Waals surface area contributed by atoms with E-state index in [0.717, 1.165) is 0 Å². The Morgan fingerprint density at radius 2 is 2.15 bits per heavy atom. The molecule has 0 N–H and O–H groups in total. The Balaban J connectivity index is 3.00. The molecule has 1 heterocycles. The van der Waals surface area contributed by atoms with Crippen molar-refractivity contribution in [2.24, 2.45) is 0 Å². The van der Waals surface area contributed by atoms with Crippen LogP contribution in [-0.4, -0.2) is 4.98 Å². The Morgan fingerprint density at radius 3 is 2.85 bits per heavy atom. The number of aromatic nitrogens is 1. The van der Waals surface area contributed by atoms with Crippen molar-refractivity contribution in [3.05, 3.63) is 39.8 Å². The molecular weight excluding hydrogens is 256 g/mol. The minimum absolute atomic E-state index is 0.298. The molecule has 0 amide bonds. The van der Waals surface area contributed by atoms with Gasteiger partial charge in [-0.25, -0.2) is 9.37 Å². The first-order valence-electron chi connectivity index (χ1n) is 3.58. The summed E-state index contributed by atoms with van der Waals surface area (Å²) in [5.74, 6) is -0.298. The molecule has 0 aliphatic rings. The summed E-state index contributed by atoms with van der Waals surface area (Å²) in [4.78, 5) is 3.90. The van der Waals surface area contributed by atoms with Crippen LogP contribution in [0.2, 0.25) is 5.15 Å². The van der Waals surface area contributed by atoms with Crippen molar-refractivity contribution in [1.82, 2.24) is 4.98 Å². The van der Waals surface area contributed by atoms with E-state index in [0.29, 0.717) is 20.4 Å². The lowest BCUT2D eigenvalue weighted by molar-refractivity contribution is 0.639. The minimum atomic E-state index is -0.298. The van der Waals surface area contributed by atoms with E-state index >= 15 is 0 Å². The van der Waals surface area contributed by atoms with Gasteiger partial charge in [0, 0.05) is 21.4 Å². The highest BCUT2D eigenvalue weighted by Crippen LogP contribution is 2.29. The van der Waals surface area contributed by atoms with Gasteiger partial charge < -0.3 is 0 Å². The van der Waals surface area contributed by atoms with Crippen LogP contribution < -0.4 is 0 Å². The average Bonchev–Trinajstić information content (AvgIpc) is 2.12. The van der Waals surface area contributed by atoms with Gasteiger partial charge in [-0.2, -0.15) is 0 Å². The molecule has 0 aliphatic carbocycles. The van der Waals surface area contributed by atoms with Crippen molar-refractivity contribution < 1.29 is 4.39 Å². The second-order valence-electron chi connectivity index (χ2n) is 2.56. The van der Waals surface area contributed by atoms with E-state index in [4.69, 9.17) is 11.6 Å². The summed E-state index contributed by atoms with van der Waals surface area (Å²) in [6, 6.07) is 4.74. The second kappa shape index (κ2) is 3.24. The van der Waals surface area contributed by atoms with Crippen molar-refractivity contribution in [2.45, 2.75) is 0 Å². The monoisotopic (exact) mass is 259 g/mol. The highest BCUT2D eigenvalue weighted by molar-refractivity contribution is 9.10. The number of pyridine rings is 1. The summed E-state index contributed by atoms with van der Waals surface area (Å²) in [5, 5.41) is 1.41. The third kappa shape index (κ3) is 1.42. The van der Waals surface area contributed by atoms with E-state index in [1.54, 1.807) is 12.1 Å². The molecule has 1 nitrogen and oxygen atoms in total. The van der Waals surface area contributed by atoms with Crippen molar-refractivity contribution in [2.75, 3.05) is 0 Å². The largest absolute Gasteiger partial charge is 0.243 e. The molecular formula is C9H4BrClFN. The van der Waals surface area contributed by atoms with Gasteiger partial charge in [-0.3, -0.25) is 0 Å². The molecule has 0 radical (unpaired) electrons. The molecule has 0 aliphatic heterocycles. The van der Waals surface area contributed by atoms with Gasteiger partial charge in [0.2, 0.25) is 0 Å². The van der Waals surface area contributed by atoms with Crippen LogP contribution in [-0.2, 0) is 0 Å². The minimum Gasteiger partial charge on any atom is -0.243 e. The van der Waals surface area contributed by atoms with Crippen molar-refractivity contribution in [3.8, 4) is 0 Å². The molecule has 1 aromatic carbocycles. The maximum Gasteiger partial charge on any atom is 0.137 e. The van der Waals surface area contributed by atoms with Crippen LogP contribution >= 0.6 is 27.5 Å². The van der Waals surface area contributed by atoms with E-state index in [2.05, 4.69) is 20.9 Å². The van der Waals surface area contributed by atoms with E-state index in [1.807, 2.05) is 0 Å². The Kier molecular flexibility index (Phi) is 2.22. The van der Waals surface area contributed by atoms with Crippen molar-refractivity contribution in [1.29, 1.82) is 0 Å². The molecule has 0 unspecified atom stereocenters. The highest BCUT2D eigenvalue weighted by Gasteiger charge is 2.07. The Morgan fingerprint density at radius 1 is 1.38 bits per heavy atom. The standard InChI is InChI=1S/C9H4BrClFN/c10-6-4-13-9(11)5-2-1-3-7(12)8(5)6/h1-4H. The number of hydrogen-bond donors (Lipinski definition) is 0. The summed E-state index contributed by atoms with van der Waals surface area (Å²) in [6.45, 7) is 0. The van der Waals surface area contributed by atoms with Crippen molar-refractivity contribution >= 4 is 38.3 Å². The smallest absolute Gasteiger partial charge is 0.137 e. The number of rotatable bonds is 0. The summed E-state index contributed by atoms with van der Waals surface area (Å²) < 4.78 is 13.9.